The molecule has 0 saturated carbocycles. The summed E-state index contributed by atoms with van der Waals surface area (Å²) in [6, 6.07) is 1.88. The summed E-state index contributed by atoms with van der Waals surface area (Å²) in [6.07, 6.45) is 0. The third-order valence-corrected chi connectivity index (χ3v) is 3.70. The molecule has 0 fully saturated rings. The first-order valence-corrected chi connectivity index (χ1v) is 5.12. The Hall–Kier alpha value is -0.0600. The zero-order valence-corrected chi connectivity index (χ0v) is 9.62. The van der Waals surface area contributed by atoms with E-state index in [0.717, 1.165) is 14.4 Å². The number of methoxy groups -OCH3 is 1. The van der Waals surface area contributed by atoms with Crippen LogP contribution in [-0.2, 0) is 5.60 Å². The first-order valence-electron chi connectivity index (χ1n) is 3.51. The monoisotopic (exact) mass is 250 g/mol. The lowest BCUT2D eigenvalue weighted by molar-refractivity contribution is 0.0825. The van der Waals surface area contributed by atoms with E-state index in [4.69, 9.17) is 4.74 Å². The second-order valence-corrected chi connectivity index (χ2v) is 4.88. The lowest BCUT2D eigenvalue weighted by Gasteiger charge is -2.13. The summed E-state index contributed by atoms with van der Waals surface area (Å²) in [5, 5.41) is 10.5. The molecule has 1 aromatic heterocycles. The van der Waals surface area contributed by atoms with Crippen molar-refractivity contribution >= 4 is 27.3 Å². The van der Waals surface area contributed by atoms with Gasteiger partial charge >= 0.3 is 0 Å². The van der Waals surface area contributed by atoms with Crippen LogP contribution in [-0.4, -0.2) is 12.2 Å². The highest BCUT2D eigenvalue weighted by Crippen LogP contribution is 2.39. The van der Waals surface area contributed by atoms with Gasteiger partial charge in [0.15, 0.2) is 5.06 Å². The lowest BCUT2D eigenvalue weighted by atomic mass is 10.1. The highest BCUT2D eigenvalue weighted by atomic mass is 79.9. The second-order valence-electron chi connectivity index (χ2n) is 3.01. The van der Waals surface area contributed by atoms with Crippen LogP contribution in [0.2, 0.25) is 0 Å². The zero-order valence-electron chi connectivity index (χ0n) is 7.22. The number of hydrogen-bond donors (Lipinski definition) is 1. The molecule has 68 valence electrons. The number of ether oxygens (including phenoxy) is 1. The van der Waals surface area contributed by atoms with Gasteiger partial charge in [-0.15, -0.1) is 0 Å². The molecule has 0 saturated heterocycles. The van der Waals surface area contributed by atoms with Crippen molar-refractivity contribution in [1.29, 1.82) is 0 Å². The summed E-state index contributed by atoms with van der Waals surface area (Å²) in [5.74, 6) is 0. The Morgan fingerprint density at radius 3 is 2.42 bits per heavy atom. The molecule has 0 aliphatic heterocycles. The molecule has 0 aromatic carbocycles. The zero-order chi connectivity index (χ0) is 9.35. The van der Waals surface area contributed by atoms with Crippen molar-refractivity contribution in [3.63, 3.8) is 0 Å². The maximum atomic E-state index is 9.66. The molecule has 1 heterocycles. The van der Waals surface area contributed by atoms with Crippen LogP contribution >= 0.6 is 27.3 Å². The first-order chi connectivity index (χ1) is 5.45. The van der Waals surface area contributed by atoms with E-state index in [0.29, 0.717) is 0 Å². The van der Waals surface area contributed by atoms with Gasteiger partial charge in [-0.2, -0.15) is 0 Å². The highest BCUT2D eigenvalue weighted by molar-refractivity contribution is 9.10. The number of rotatable bonds is 2. The van der Waals surface area contributed by atoms with E-state index in [1.807, 2.05) is 6.07 Å². The van der Waals surface area contributed by atoms with Crippen molar-refractivity contribution in [2.75, 3.05) is 7.11 Å². The van der Waals surface area contributed by atoms with Gasteiger partial charge in [0.2, 0.25) is 0 Å². The maximum absolute atomic E-state index is 9.66. The molecular weight excluding hydrogens is 240 g/mol. The van der Waals surface area contributed by atoms with Gasteiger partial charge in [0.1, 0.15) is 0 Å². The summed E-state index contributed by atoms with van der Waals surface area (Å²) in [5.41, 5.74) is -0.788. The second kappa shape index (κ2) is 3.36. The molecule has 0 radical (unpaired) electrons. The topological polar surface area (TPSA) is 29.5 Å². The quantitative estimate of drug-likeness (QED) is 0.875. The van der Waals surface area contributed by atoms with Crippen LogP contribution in [0.1, 0.15) is 18.7 Å². The summed E-state index contributed by atoms with van der Waals surface area (Å²) in [4.78, 5) is 0.895. The average Bonchev–Trinajstić information content (AvgIpc) is 2.29. The fraction of sp³-hybridized carbons (Fsp3) is 0.500. The molecule has 12 heavy (non-hydrogen) atoms. The van der Waals surface area contributed by atoms with Crippen molar-refractivity contribution in [3.8, 4) is 5.06 Å². The SMILES string of the molecule is COc1sc(C(C)(C)O)cc1Br. The van der Waals surface area contributed by atoms with Gasteiger partial charge in [0.05, 0.1) is 17.2 Å². The third kappa shape index (κ3) is 2.00. The summed E-state index contributed by atoms with van der Waals surface area (Å²) in [6.45, 7) is 3.51. The Morgan fingerprint density at radius 2 is 2.17 bits per heavy atom. The fourth-order valence-corrected chi connectivity index (χ4v) is 2.44. The standard InChI is InChI=1S/C8H11BrO2S/c1-8(2,10)6-4-5(9)7(11-3)12-6/h4,10H,1-3H3. The van der Waals surface area contributed by atoms with Gasteiger partial charge in [0, 0.05) is 4.88 Å². The van der Waals surface area contributed by atoms with Crippen LogP contribution in [0.4, 0.5) is 0 Å². The number of hydrogen-bond acceptors (Lipinski definition) is 3. The smallest absolute Gasteiger partial charge is 0.188 e. The first kappa shape index (κ1) is 10.0. The molecule has 0 atom stereocenters. The van der Waals surface area contributed by atoms with E-state index in [1.165, 1.54) is 11.3 Å². The number of thiophene rings is 1. The summed E-state index contributed by atoms with van der Waals surface area (Å²) >= 11 is 4.79. The van der Waals surface area contributed by atoms with Gasteiger partial charge in [-0.1, -0.05) is 11.3 Å². The van der Waals surface area contributed by atoms with Gasteiger partial charge in [0.25, 0.3) is 0 Å². The number of halogens is 1. The molecule has 1 aromatic rings. The molecule has 4 heteroatoms. The molecule has 2 nitrogen and oxygen atoms in total. The van der Waals surface area contributed by atoms with Gasteiger partial charge in [-0.25, -0.2) is 0 Å². The predicted octanol–water partition coefficient (Wildman–Crippen LogP) is 2.75. The van der Waals surface area contributed by atoms with Crippen molar-refractivity contribution in [2.45, 2.75) is 19.4 Å². The minimum Gasteiger partial charge on any atom is -0.486 e. The summed E-state index contributed by atoms with van der Waals surface area (Å²) < 4.78 is 5.98. The van der Waals surface area contributed by atoms with Crippen molar-refractivity contribution in [2.24, 2.45) is 0 Å². The molecule has 0 aliphatic carbocycles. The maximum Gasteiger partial charge on any atom is 0.188 e. The Balaban J connectivity index is 3.05. The van der Waals surface area contributed by atoms with Crippen molar-refractivity contribution in [3.05, 3.63) is 15.4 Å². The van der Waals surface area contributed by atoms with Crippen molar-refractivity contribution < 1.29 is 9.84 Å². The molecule has 1 rings (SSSR count). The minimum absolute atomic E-state index is 0.788. The van der Waals surface area contributed by atoms with Crippen LogP contribution in [0.5, 0.6) is 5.06 Å². The molecular formula is C8H11BrO2S. The summed E-state index contributed by atoms with van der Waals surface area (Å²) in [7, 11) is 1.62. The van der Waals surface area contributed by atoms with E-state index in [1.54, 1.807) is 21.0 Å². The molecule has 0 unspecified atom stereocenters. The normalized spacial score (nSPS) is 11.8. The Morgan fingerprint density at radius 1 is 1.58 bits per heavy atom. The third-order valence-electron chi connectivity index (χ3n) is 1.44. The van der Waals surface area contributed by atoms with Crippen LogP contribution in [0.15, 0.2) is 10.5 Å². The molecule has 0 amide bonds. The minimum atomic E-state index is -0.788. The van der Waals surface area contributed by atoms with Crippen molar-refractivity contribution in [1.82, 2.24) is 0 Å². The molecule has 1 N–H and O–H groups in total. The molecule has 0 bridgehead atoms. The van der Waals surface area contributed by atoms with Crippen LogP contribution in [0, 0.1) is 0 Å². The Bertz CT molecular complexity index is 275. The average molecular weight is 251 g/mol. The predicted molar refractivity (Wildman–Crippen MR) is 53.8 cm³/mol. The van der Waals surface area contributed by atoms with Gasteiger partial charge in [-0.3, -0.25) is 0 Å². The van der Waals surface area contributed by atoms with Crippen LogP contribution in [0.25, 0.3) is 0 Å². The van der Waals surface area contributed by atoms with E-state index in [2.05, 4.69) is 15.9 Å². The largest absolute Gasteiger partial charge is 0.486 e. The van der Waals surface area contributed by atoms with E-state index < -0.39 is 5.60 Å². The molecule has 0 aliphatic rings. The number of aliphatic hydroxyl groups is 1. The molecule has 0 spiro atoms. The van der Waals surface area contributed by atoms with E-state index >= 15 is 0 Å². The van der Waals surface area contributed by atoms with E-state index in [-0.39, 0.29) is 0 Å². The van der Waals surface area contributed by atoms with Crippen LogP contribution < -0.4 is 4.74 Å². The van der Waals surface area contributed by atoms with Crippen LogP contribution in [0.3, 0.4) is 0 Å². The lowest BCUT2D eigenvalue weighted by Crippen LogP contribution is -2.12. The Kier molecular flexibility index (Phi) is 2.81. The highest BCUT2D eigenvalue weighted by Gasteiger charge is 2.20. The van der Waals surface area contributed by atoms with E-state index in [9.17, 15) is 5.11 Å². The Labute approximate surface area is 84.3 Å². The van der Waals surface area contributed by atoms with Gasteiger partial charge in [-0.05, 0) is 35.8 Å². The van der Waals surface area contributed by atoms with Gasteiger partial charge < -0.3 is 9.84 Å². The fourth-order valence-electron chi connectivity index (χ4n) is 0.793.